The number of hydrogen-bond donors (Lipinski definition) is 2. The summed E-state index contributed by atoms with van der Waals surface area (Å²) < 4.78 is 29.6. The number of H-pyrrole nitrogens is 1. The summed E-state index contributed by atoms with van der Waals surface area (Å²) in [4.78, 5) is 17.9. The number of likely N-dealkylation sites (tertiary alicyclic amines) is 2. The molecule has 1 aromatic heterocycles. The van der Waals surface area contributed by atoms with Crippen LogP contribution in [0.2, 0.25) is 0 Å². The molecular weight excluding hydrogens is 472 g/mol. The minimum Gasteiger partial charge on any atom is -0.348 e. The highest BCUT2D eigenvalue weighted by molar-refractivity contribution is 6.05. The molecule has 3 aromatic rings. The molecule has 3 heterocycles. The van der Waals surface area contributed by atoms with E-state index in [0.717, 1.165) is 64.0 Å². The molecule has 2 aliphatic rings. The Bertz CT molecular complexity index is 1240. The van der Waals surface area contributed by atoms with E-state index in [4.69, 9.17) is 0 Å². The second kappa shape index (κ2) is 11.3. The highest BCUT2D eigenvalue weighted by Gasteiger charge is 2.24. The van der Waals surface area contributed by atoms with Crippen molar-refractivity contribution in [2.75, 3.05) is 32.7 Å². The van der Waals surface area contributed by atoms with Gasteiger partial charge >= 0.3 is 0 Å². The van der Waals surface area contributed by atoms with E-state index in [9.17, 15) is 13.6 Å². The lowest BCUT2D eigenvalue weighted by Gasteiger charge is -2.33. The zero-order valence-corrected chi connectivity index (χ0v) is 21.8. The van der Waals surface area contributed by atoms with Crippen molar-refractivity contribution in [3.05, 3.63) is 53.2 Å². The maximum absolute atomic E-state index is 15.0. The lowest BCUT2D eigenvalue weighted by Crippen LogP contribution is -2.45. The van der Waals surface area contributed by atoms with E-state index in [-0.39, 0.29) is 23.2 Å². The van der Waals surface area contributed by atoms with E-state index in [0.29, 0.717) is 28.9 Å². The first-order valence-corrected chi connectivity index (χ1v) is 13.6. The van der Waals surface area contributed by atoms with Crippen molar-refractivity contribution in [3.8, 4) is 11.1 Å². The van der Waals surface area contributed by atoms with Crippen LogP contribution in [0.25, 0.3) is 22.0 Å². The molecule has 0 saturated carbocycles. The van der Waals surface area contributed by atoms with Gasteiger partial charge in [0.1, 0.15) is 0 Å². The molecule has 0 spiro atoms. The number of aromatic nitrogens is 2. The molecule has 2 aromatic carbocycles. The van der Waals surface area contributed by atoms with E-state index in [1.807, 2.05) is 0 Å². The number of hydrogen-bond acceptors (Lipinski definition) is 4. The summed E-state index contributed by atoms with van der Waals surface area (Å²) in [6, 6.07) is 8.39. The Morgan fingerprint density at radius 1 is 1.05 bits per heavy atom. The van der Waals surface area contributed by atoms with E-state index in [1.54, 1.807) is 24.3 Å². The van der Waals surface area contributed by atoms with Crippen molar-refractivity contribution in [3.63, 3.8) is 0 Å². The topological polar surface area (TPSA) is 64.3 Å². The molecule has 2 fully saturated rings. The molecule has 0 bridgehead atoms. The third kappa shape index (κ3) is 6.02. The van der Waals surface area contributed by atoms with E-state index >= 15 is 0 Å². The normalized spacial score (nSPS) is 18.1. The fraction of sp³-hybridized carbons (Fsp3) is 0.517. The fourth-order valence-corrected chi connectivity index (χ4v) is 5.71. The molecule has 2 N–H and O–H groups in total. The lowest BCUT2D eigenvalue weighted by molar-refractivity contribution is 0.0904. The van der Waals surface area contributed by atoms with Crippen LogP contribution >= 0.6 is 0 Å². The van der Waals surface area contributed by atoms with E-state index in [1.165, 1.54) is 12.5 Å². The van der Waals surface area contributed by atoms with Crippen LogP contribution in [0.4, 0.5) is 8.78 Å². The molecule has 2 saturated heterocycles. The average Bonchev–Trinajstić information content (AvgIpc) is 3.31. The maximum atomic E-state index is 15.0. The average molecular weight is 510 g/mol. The Morgan fingerprint density at radius 3 is 2.54 bits per heavy atom. The van der Waals surface area contributed by atoms with Crippen LogP contribution in [0.1, 0.15) is 62.0 Å². The minimum absolute atomic E-state index is 0.101. The van der Waals surface area contributed by atoms with Crippen LogP contribution in [-0.4, -0.2) is 64.7 Å². The van der Waals surface area contributed by atoms with Gasteiger partial charge in [-0.15, -0.1) is 0 Å². The Hall–Kier alpha value is -2.84. The van der Waals surface area contributed by atoms with Crippen molar-refractivity contribution in [1.29, 1.82) is 0 Å². The molecular formula is C29H37F2N5O. The minimum atomic E-state index is -0.871. The molecule has 37 heavy (non-hydrogen) atoms. The van der Waals surface area contributed by atoms with Gasteiger partial charge in [0.2, 0.25) is 0 Å². The Kier molecular flexibility index (Phi) is 7.86. The highest BCUT2D eigenvalue weighted by Crippen LogP contribution is 2.30. The Labute approximate surface area is 217 Å². The molecule has 6 nitrogen and oxygen atoms in total. The SMILES string of the molecule is CC(C)CN1CCC(NC(=O)c2n[nH]c3ccc(-c4cc(CN5CCCCC5)cc(F)c4F)cc23)CC1. The van der Waals surface area contributed by atoms with Crippen molar-refractivity contribution in [1.82, 2.24) is 25.3 Å². The number of nitrogens with zero attached hydrogens (tertiary/aromatic N) is 3. The molecule has 0 atom stereocenters. The van der Waals surface area contributed by atoms with Crippen LogP contribution in [-0.2, 0) is 6.54 Å². The first-order chi connectivity index (χ1) is 17.9. The molecule has 2 aliphatic heterocycles. The second-order valence-electron chi connectivity index (χ2n) is 11.1. The van der Waals surface area contributed by atoms with Gasteiger partial charge in [-0.05, 0) is 80.1 Å². The van der Waals surface area contributed by atoms with Crippen molar-refractivity contribution in [2.24, 2.45) is 5.92 Å². The zero-order chi connectivity index (χ0) is 25.9. The van der Waals surface area contributed by atoms with Crippen LogP contribution in [0, 0.1) is 17.6 Å². The largest absolute Gasteiger partial charge is 0.348 e. The summed E-state index contributed by atoms with van der Waals surface area (Å²) in [5.74, 6) is -1.33. The molecule has 5 rings (SSSR count). The number of piperidine rings is 2. The molecule has 8 heteroatoms. The summed E-state index contributed by atoms with van der Waals surface area (Å²) >= 11 is 0. The van der Waals surface area contributed by atoms with Crippen molar-refractivity contribution >= 4 is 16.8 Å². The first-order valence-electron chi connectivity index (χ1n) is 13.6. The van der Waals surface area contributed by atoms with Gasteiger partial charge in [-0.1, -0.05) is 26.3 Å². The van der Waals surface area contributed by atoms with Crippen LogP contribution in [0.5, 0.6) is 0 Å². The molecule has 0 aliphatic carbocycles. The number of benzene rings is 2. The van der Waals surface area contributed by atoms with E-state index < -0.39 is 11.6 Å². The monoisotopic (exact) mass is 509 g/mol. The van der Waals surface area contributed by atoms with Gasteiger partial charge in [0.15, 0.2) is 17.3 Å². The summed E-state index contributed by atoms with van der Waals surface area (Å²) in [5.41, 5.74) is 2.46. The van der Waals surface area contributed by atoms with Gasteiger partial charge in [-0.2, -0.15) is 5.10 Å². The number of amides is 1. The number of fused-ring (bicyclic) bond motifs is 1. The fourth-order valence-electron chi connectivity index (χ4n) is 5.71. The Balaban J connectivity index is 1.34. The highest BCUT2D eigenvalue weighted by atomic mass is 19.2. The number of halogens is 2. The summed E-state index contributed by atoms with van der Waals surface area (Å²) in [6.07, 6.45) is 5.30. The molecule has 0 radical (unpaired) electrons. The second-order valence-corrected chi connectivity index (χ2v) is 11.1. The van der Waals surface area contributed by atoms with Crippen molar-refractivity contribution in [2.45, 2.75) is 58.5 Å². The molecule has 0 unspecified atom stereocenters. The van der Waals surface area contributed by atoms with Gasteiger partial charge in [0, 0.05) is 43.2 Å². The van der Waals surface area contributed by atoms with Gasteiger partial charge in [-0.25, -0.2) is 8.78 Å². The predicted octanol–water partition coefficient (Wildman–Crippen LogP) is 5.34. The number of rotatable bonds is 7. The van der Waals surface area contributed by atoms with Crippen LogP contribution < -0.4 is 5.32 Å². The van der Waals surface area contributed by atoms with Gasteiger partial charge in [-0.3, -0.25) is 14.8 Å². The standard InChI is InChI=1S/C29H37F2N5O/c1-19(2)17-36-12-8-22(9-13-36)32-29(37)28-24-16-21(6-7-26(24)33-34-28)23-14-20(15-25(30)27(23)31)18-35-10-4-3-5-11-35/h6-7,14-16,19,22H,3-5,8-13,17-18H2,1-2H3,(H,32,37)(H,33,34). The van der Waals surface area contributed by atoms with Gasteiger partial charge in [0.25, 0.3) is 5.91 Å². The summed E-state index contributed by atoms with van der Waals surface area (Å²) in [7, 11) is 0. The Morgan fingerprint density at radius 2 is 1.81 bits per heavy atom. The maximum Gasteiger partial charge on any atom is 0.272 e. The third-order valence-electron chi connectivity index (χ3n) is 7.58. The summed E-state index contributed by atoms with van der Waals surface area (Å²) in [6.45, 7) is 9.99. The molecule has 198 valence electrons. The zero-order valence-electron chi connectivity index (χ0n) is 21.8. The third-order valence-corrected chi connectivity index (χ3v) is 7.58. The number of nitrogens with one attached hydrogen (secondary N) is 2. The smallest absolute Gasteiger partial charge is 0.272 e. The van der Waals surface area contributed by atoms with E-state index in [2.05, 4.69) is 39.2 Å². The summed E-state index contributed by atoms with van der Waals surface area (Å²) in [5, 5.41) is 10.9. The first kappa shape index (κ1) is 25.8. The van der Waals surface area contributed by atoms with Crippen LogP contribution in [0.15, 0.2) is 30.3 Å². The molecule has 1 amide bonds. The number of carbonyl (C=O) groups is 1. The van der Waals surface area contributed by atoms with Crippen molar-refractivity contribution < 1.29 is 13.6 Å². The van der Waals surface area contributed by atoms with Crippen LogP contribution in [0.3, 0.4) is 0 Å². The number of aromatic amines is 1. The van der Waals surface area contributed by atoms with Gasteiger partial charge in [0.05, 0.1) is 5.52 Å². The predicted molar refractivity (Wildman–Crippen MR) is 142 cm³/mol. The lowest BCUT2D eigenvalue weighted by atomic mass is 9.99. The number of carbonyl (C=O) groups excluding carboxylic acids is 1. The quantitative estimate of drug-likeness (QED) is 0.451. The van der Waals surface area contributed by atoms with Gasteiger partial charge < -0.3 is 10.2 Å².